The first-order chi connectivity index (χ1) is 12.6. The monoisotopic (exact) mass is 375 g/mol. The number of amides is 1. The van der Waals surface area contributed by atoms with Gasteiger partial charge in [0.1, 0.15) is 5.75 Å². The number of hydrogen-bond donors (Lipinski definition) is 1. The highest BCUT2D eigenvalue weighted by molar-refractivity contribution is 7.99. The van der Waals surface area contributed by atoms with Crippen LogP contribution < -0.4 is 10.6 Å². The Morgan fingerprint density at radius 2 is 2.12 bits per heavy atom. The van der Waals surface area contributed by atoms with E-state index < -0.39 is 0 Å². The van der Waals surface area contributed by atoms with Gasteiger partial charge < -0.3 is 15.5 Å². The zero-order valence-corrected chi connectivity index (χ0v) is 16.0. The topological polar surface area (TPSA) is 86.3 Å². The lowest BCUT2D eigenvalue weighted by molar-refractivity contribution is -0.130. The van der Waals surface area contributed by atoms with E-state index >= 15 is 0 Å². The third-order valence-electron chi connectivity index (χ3n) is 4.42. The van der Waals surface area contributed by atoms with Gasteiger partial charge in [0.2, 0.25) is 11.1 Å². The van der Waals surface area contributed by atoms with Crippen LogP contribution in [0.3, 0.4) is 0 Å². The van der Waals surface area contributed by atoms with E-state index in [1.165, 1.54) is 22.9 Å². The number of likely N-dealkylation sites (tertiary alicyclic amines) is 1. The second kappa shape index (κ2) is 8.44. The molecule has 2 heterocycles. The van der Waals surface area contributed by atoms with Crippen molar-refractivity contribution in [2.24, 2.45) is 5.92 Å². The van der Waals surface area contributed by atoms with Gasteiger partial charge in [-0.3, -0.25) is 4.79 Å². The van der Waals surface area contributed by atoms with E-state index in [1.54, 1.807) is 0 Å². The van der Waals surface area contributed by atoms with Gasteiger partial charge in [-0.1, -0.05) is 18.7 Å². The molecule has 1 amide bonds. The summed E-state index contributed by atoms with van der Waals surface area (Å²) in [5.41, 5.74) is 0.853. The molecule has 0 bridgehead atoms. The van der Waals surface area contributed by atoms with E-state index in [9.17, 15) is 4.79 Å². The number of thioether (sulfide) groups is 1. The van der Waals surface area contributed by atoms with Crippen molar-refractivity contribution >= 4 is 17.7 Å². The number of carbonyl (C=O) groups is 1. The zero-order valence-electron chi connectivity index (χ0n) is 15.2. The van der Waals surface area contributed by atoms with Crippen LogP contribution in [0, 0.1) is 5.92 Å². The van der Waals surface area contributed by atoms with E-state index in [2.05, 4.69) is 17.1 Å². The number of benzene rings is 1. The molecule has 0 radical (unpaired) electrons. The summed E-state index contributed by atoms with van der Waals surface area (Å²) in [5, 5.41) is 8.83. The highest BCUT2D eigenvalue weighted by atomic mass is 32.2. The molecule has 0 spiro atoms. The molecule has 1 aliphatic heterocycles. The molecule has 1 aromatic heterocycles. The summed E-state index contributed by atoms with van der Waals surface area (Å²) >= 11 is 1.33. The molecular weight excluding hydrogens is 350 g/mol. The van der Waals surface area contributed by atoms with E-state index in [-0.39, 0.29) is 5.91 Å². The predicted molar refractivity (Wildman–Crippen MR) is 102 cm³/mol. The van der Waals surface area contributed by atoms with Crippen molar-refractivity contribution in [1.82, 2.24) is 19.8 Å². The Hall–Kier alpha value is -2.22. The smallest absolute Gasteiger partial charge is 0.233 e. The second-order valence-electron chi connectivity index (χ2n) is 6.51. The first-order valence-electron chi connectivity index (χ1n) is 8.92. The summed E-state index contributed by atoms with van der Waals surface area (Å²) in [6.45, 7) is 6.44. The lowest BCUT2D eigenvalue weighted by Crippen LogP contribution is -2.40. The zero-order chi connectivity index (χ0) is 18.5. The second-order valence-corrected chi connectivity index (χ2v) is 7.45. The van der Waals surface area contributed by atoms with Crippen molar-refractivity contribution in [3.8, 4) is 17.1 Å². The molecule has 1 aromatic carbocycles. The number of aromatic nitrogens is 3. The van der Waals surface area contributed by atoms with Crippen LogP contribution in [0.5, 0.6) is 5.75 Å². The number of nitrogen functional groups attached to an aromatic ring is 1. The number of nitrogens with zero attached hydrogens (tertiary/aromatic N) is 4. The Labute approximate surface area is 157 Å². The normalized spacial score (nSPS) is 17.3. The van der Waals surface area contributed by atoms with Crippen LogP contribution >= 0.6 is 11.8 Å². The minimum atomic E-state index is 0.132. The quantitative estimate of drug-likeness (QED) is 0.616. The highest BCUT2D eigenvalue weighted by Gasteiger charge is 2.22. The van der Waals surface area contributed by atoms with Gasteiger partial charge in [0, 0.05) is 18.7 Å². The first-order valence-corrected chi connectivity index (χ1v) is 9.91. The van der Waals surface area contributed by atoms with Crippen molar-refractivity contribution in [2.75, 3.05) is 31.3 Å². The molecular formula is C18H25N5O2S. The molecule has 8 heteroatoms. The third-order valence-corrected chi connectivity index (χ3v) is 5.35. The Balaban J connectivity index is 1.62. The molecule has 3 rings (SSSR count). The van der Waals surface area contributed by atoms with Gasteiger partial charge in [-0.2, -0.15) is 0 Å². The molecule has 0 saturated carbocycles. The predicted octanol–water partition coefficient (Wildman–Crippen LogP) is 2.41. The van der Waals surface area contributed by atoms with E-state index in [4.69, 9.17) is 10.6 Å². The van der Waals surface area contributed by atoms with Gasteiger partial charge in [0.05, 0.1) is 12.4 Å². The van der Waals surface area contributed by atoms with Crippen LogP contribution in [0.15, 0.2) is 29.4 Å². The minimum Gasteiger partial charge on any atom is -0.494 e. The van der Waals surface area contributed by atoms with Crippen LogP contribution in [-0.2, 0) is 4.79 Å². The number of piperidine rings is 1. The van der Waals surface area contributed by atoms with Crippen molar-refractivity contribution in [2.45, 2.75) is 31.8 Å². The van der Waals surface area contributed by atoms with Crippen molar-refractivity contribution in [3.05, 3.63) is 24.3 Å². The number of ether oxygens (including phenoxy) is 1. The number of nitrogens with two attached hydrogens (primary N) is 1. The van der Waals surface area contributed by atoms with E-state index in [1.807, 2.05) is 36.1 Å². The molecule has 26 heavy (non-hydrogen) atoms. The molecule has 1 atom stereocenters. The number of carbonyl (C=O) groups excluding carboxylic acids is 1. The average Bonchev–Trinajstić information content (AvgIpc) is 3.01. The number of hydrogen-bond acceptors (Lipinski definition) is 6. The van der Waals surface area contributed by atoms with Crippen LogP contribution in [0.1, 0.15) is 26.7 Å². The molecule has 2 aromatic rings. The molecule has 0 unspecified atom stereocenters. The maximum Gasteiger partial charge on any atom is 0.233 e. The van der Waals surface area contributed by atoms with Crippen molar-refractivity contribution < 1.29 is 9.53 Å². The first kappa shape index (κ1) is 18.6. The molecule has 7 nitrogen and oxygen atoms in total. The maximum absolute atomic E-state index is 12.4. The molecule has 140 valence electrons. The van der Waals surface area contributed by atoms with Gasteiger partial charge in [-0.05, 0) is 49.9 Å². The van der Waals surface area contributed by atoms with Crippen molar-refractivity contribution in [1.29, 1.82) is 0 Å². The molecule has 2 N–H and O–H groups in total. The Bertz CT molecular complexity index is 747. The molecule has 1 fully saturated rings. The van der Waals surface area contributed by atoms with E-state index in [0.29, 0.717) is 29.3 Å². The Morgan fingerprint density at radius 1 is 1.35 bits per heavy atom. The Kier molecular flexibility index (Phi) is 6.03. The molecule has 1 saturated heterocycles. The fourth-order valence-electron chi connectivity index (χ4n) is 3.07. The van der Waals surface area contributed by atoms with E-state index in [0.717, 1.165) is 30.8 Å². The van der Waals surface area contributed by atoms with Crippen LogP contribution in [-0.4, -0.2) is 51.1 Å². The summed E-state index contributed by atoms with van der Waals surface area (Å²) in [6.07, 6.45) is 2.27. The van der Waals surface area contributed by atoms with Gasteiger partial charge in [0.25, 0.3) is 0 Å². The summed E-state index contributed by atoms with van der Waals surface area (Å²) in [6, 6.07) is 7.54. The van der Waals surface area contributed by atoms with Gasteiger partial charge in [-0.15, -0.1) is 10.2 Å². The van der Waals surface area contributed by atoms with Gasteiger partial charge in [0.15, 0.2) is 5.82 Å². The van der Waals surface area contributed by atoms with Crippen LogP contribution in [0.2, 0.25) is 0 Å². The summed E-state index contributed by atoms with van der Waals surface area (Å²) in [7, 11) is 0. The Morgan fingerprint density at radius 3 is 2.81 bits per heavy atom. The highest BCUT2D eigenvalue weighted by Crippen LogP contribution is 2.24. The largest absolute Gasteiger partial charge is 0.494 e. The van der Waals surface area contributed by atoms with Crippen molar-refractivity contribution in [3.63, 3.8) is 0 Å². The fourth-order valence-corrected chi connectivity index (χ4v) is 3.83. The van der Waals surface area contributed by atoms with Crippen LogP contribution in [0.25, 0.3) is 11.4 Å². The average molecular weight is 375 g/mol. The van der Waals surface area contributed by atoms with Gasteiger partial charge in [-0.25, -0.2) is 4.68 Å². The standard InChI is InChI=1S/C18H25N5O2S/c1-3-25-15-8-6-14(7-9-15)17-20-21-18(23(17)19)26-12-16(24)22-10-4-5-13(2)11-22/h6-9,13H,3-5,10-12,19H2,1-2H3/t13-/m1/s1. The summed E-state index contributed by atoms with van der Waals surface area (Å²) in [4.78, 5) is 14.3. The summed E-state index contributed by atoms with van der Waals surface area (Å²) < 4.78 is 6.88. The third kappa shape index (κ3) is 4.30. The van der Waals surface area contributed by atoms with Crippen LogP contribution in [0.4, 0.5) is 0 Å². The summed E-state index contributed by atoms with van der Waals surface area (Å²) in [5.74, 6) is 8.53. The molecule has 0 aliphatic carbocycles. The SMILES string of the molecule is CCOc1ccc(-c2nnc(SCC(=O)N3CCC[C@@H](C)C3)n2N)cc1. The number of rotatable bonds is 6. The molecule has 1 aliphatic rings. The lowest BCUT2D eigenvalue weighted by Gasteiger charge is -2.30. The lowest BCUT2D eigenvalue weighted by atomic mass is 10.0. The minimum absolute atomic E-state index is 0.132. The maximum atomic E-state index is 12.4. The van der Waals surface area contributed by atoms with Gasteiger partial charge >= 0.3 is 0 Å². The fraction of sp³-hybridized carbons (Fsp3) is 0.500.